The van der Waals surface area contributed by atoms with E-state index in [1.807, 2.05) is 13.8 Å². The van der Waals surface area contributed by atoms with Crippen molar-refractivity contribution in [3.63, 3.8) is 0 Å². The molecule has 0 N–H and O–H groups in total. The lowest BCUT2D eigenvalue weighted by Gasteiger charge is -2.13. The molecule has 2 heterocycles. The van der Waals surface area contributed by atoms with Crippen molar-refractivity contribution in [2.45, 2.75) is 26.7 Å². The summed E-state index contributed by atoms with van der Waals surface area (Å²) in [5.74, 6) is 0.468. The Bertz CT molecular complexity index is 450. The molecule has 8 heteroatoms. The minimum Gasteiger partial charge on any atom is -0.347 e. The highest BCUT2D eigenvalue weighted by molar-refractivity contribution is 4.95. The summed E-state index contributed by atoms with van der Waals surface area (Å²) >= 11 is 0. The SMILES string of the molecule is CCOC(OCC)c1cn(Cc2ncno2)nn1. The van der Waals surface area contributed by atoms with Crippen LogP contribution >= 0.6 is 0 Å². The monoisotopic (exact) mass is 253 g/mol. The van der Waals surface area contributed by atoms with E-state index < -0.39 is 6.29 Å². The Kier molecular flexibility index (Phi) is 4.37. The van der Waals surface area contributed by atoms with Gasteiger partial charge in [-0.15, -0.1) is 5.10 Å². The van der Waals surface area contributed by atoms with Crippen LogP contribution in [0.2, 0.25) is 0 Å². The van der Waals surface area contributed by atoms with E-state index in [2.05, 4.69) is 20.5 Å². The molecule has 0 aliphatic heterocycles. The molecule has 0 radical (unpaired) electrons. The van der Waals surface area contributed by atoms with Gasteiger partial charge in [0.1, 0.15) is 12.2 Å². The number of rotatable bonds is 7. The molecule has 0 amide bonds. The Balaban J connectivity index is 2.03. The Morgan fingerprint density at radius 3 is 2.72 bits per heavy atom. The lowest BCUT2D eigenvalue weighted by molar-refractivity contribution is -0.142. The topological polar surface area (TPSA) is 88.1 Å². The van der Waals surface area contributed by atoms with Crippen LogP contribution in [0.5, 0.6) is 0 Å². The number of aromatic nitrogens is 5. The highest BCUT2D eigenvalue weighted by atomic mass is 16.7. The highest BCUT2D eigenvalue weighted by Gasteiger charge is 2.16. The Labute approximate surface area is 104 Å². The first-order valence-corrected chi connectivity index (χ1v) is 5.72. The second kappa shape index (κ2) is 6.22. The molecule has 0 aromatic carbocycles. The van der Waals surface area contributed by atoms with Crippen LogP contribution in [0.3, 0.4) is 0 Å². The maximum absolute atomic E-state index is 5.43. The lowest BCUT2D eigenvalue weighted by Crippen LogP contribution is -2.09. The van der Waals surface area contributed by atoms with Crippen molar-refractivity contribution in [2.24, 2.45) is 0 Å². The summed E-state index contributed by atoms with van der Waals surface area (Å²) < 4.78 is 17.3. The molecule has 0 unspecified atom stereocenters. The van der Waals surface area contributed by atoms with Gasteiger partial charge in [0.2, 0.25) is 12.2 Å². The van der Waals surface area contributed by atoms with Crippen molar-refractivity contribution in [3.05, 3.63) is 24.1 Å². The number of hydrogen-bond donors (Lipinski definition) is 0. The third-order valence-electron chi connectivity index (χ3n) is 2.14. The highest BCUT2D eigenvalue weighted by Crippen LogP contribution is 2.15. The van der Waals surface area contributed by atoms with Crippen molar-refractivity contribution in [1.29, 1.82) is 0 Å². The van der Waals surface area contributed by atoms with Crippen molar-refractivity contribution in [3.8, 4) is 0 Å². The maximum atomic E-state index is 5.43. The van der Waals surface area contributed by atoms with Crippen LogP contribution in [0.1, 0.15) is 31.7 Å². The maximum Gasteiger partial charge on any atom is 0.248 e. The summed E-state index contributed by atoms with van der Waals surface area (Å²) in [6, 6.07) is 0. The molecule has 2 aromatic heterocycles. The zero-order chi connectivity index (χ0) is 12.8. The second-order valence-electron chi connectivity index (χ2n) is 3.42. The number of ether oxygens (including phenoxy) is 2. The molecule has 18 heavy (non-hydrogen) atoms. The molecular weight excluding hydrogens is 238 g/mol. The fourth-order valence-corrected chi connectivity index (χ4v) is 1.42. The van der Waals surface area contributed by atoms with Gasteiger partial charge in [-0.3, -0.25) is 0 Å². The fourth-order valence-electron chi connectivity index (χ4n) is 1.42. The van der Waals surface area contributed by atoms with Crippen LogP contribution in [0, 0.1) is 0 Å². The second-order valence-corrected chi connectivity index (χ2v) is 3.42. The van der Waals surface area contributed by atoms with Crippen molar-refractivity contribution in [1.82, 2.24) is 25.1 Å². The summed E-state index contributed by atoms with van der Waals surface area (Å²) in [4.78, 5) is 3.91. The van der Waals surface area contributed by atoms with Crippen molar-refractivity contribution >= 4 is 0 Å². The third kappa shape index (κ3) is 3.11. The number of hydrogen-bond acceptors (Lipinski definition) is 7. The molecule has 0 spiro atoms. The molecule has 98 valence electrons. The standard InChI is InChI=1S/C10H15N5O3/c1-3-16-10(17-4-2)8-5-15(14-13-8)6-9-11-7-12-18-9/h5,7,10H,3-4,6H2,1-2H3. The molecule has 2 rings (SSSR count). The lowest BCUT2D eigenvalue weighted by atomic mass is 10.4. The van der Waals surface area contributed by atoms with Gasteiger partial charge >= 0.3 is 0 Å². The van der Waals surface area contributed by atoms with E-state index in [0.29, 0.717) is 31.3 Å². The zero-order valence-electron chi connectivity index (χ0n) is 10.3. The van der Waals surface area contributed by atoms with E-state index >= 15 is 0 Å². The molecule has 0 saturated heterocycles. The molecule has 0 fully saturated rings. The van der Waals surface area contributed by atoms with E-state index in [4.69, 9.17) is 14.0 Å². The molecule has 0 aliphatic rings. The smallest absolute Gasteiger partial charge is 0.248 e. The minimum atomic E-state index is -0.489. The quantitative estimate of drug-likeness (QED) is 0.673. The van der Waals surface area contributed by atoms with Crippen LogP contribution < -0.4 is 0 Å². The molecule has 0 aliphatic carbocycles. The Morgan fingerprint density at radius 1 is 1.33 bits per heavy atom. The van der Waals surface area contributed by atoms with Crippen LogP contribution in [-0.2, 0) is 16.0 Å². The van der Waals surface area contributed by atoms with E-state index in [1.165, 1.54) is 6.33 Å². The van der Waals surface area contributed by atoms with Gasteiger partial charge in [0.25, 0.3) is 0 Å². The summed E-state index contributed by atoms with van der Waals surface area (Å²) in [6.07, 6.45) is 2.59. The van der Waals surface area contributed by atoms with Gasteiger partial charge in [0.05, 0.1) is 6.20 Å². The largest absolute Gasteiger partial charge is 0.347 e. The fraction of sp³-hybridized carbons (Fsp3) is 0.600. The molecule has 8 nitrogen and oxygen atoms in total. The van der Waals surface area contributed by atoms with Gasteiger partial charge in [-0.25, -0.2) is 4.68 Å². The predicted octanol–water partition coefficient (Wildman–Crippen LogP) is 0.781. The summed E-state index contributed by atoms with van der Waals surface area (Å²) in [7, 11) is 0. The van der Waals surface area contributed by atoms with Gasteiger partial charge in [-0.1, -0.05) is 10.4 Å². The average molecular weight is 253 g/mol. The van der Waals surface area contributed by atoms with Crippen LogP contribution in [0.4, 0.5) is 0 Å². The average Bonchev–Trinajstić information content (AvgIpc) is 3.01. The Morgan fingerprint density at radius 2 is 2.11 bits per heavy atom. The third-order valence-corrected chi connectivity index (χ3v) is 2.14. The van der Waals surface area contributed by atoms with E-state index in [9.17, 15) is 0 Å². The van der Waals surface area contributed by atoms with Gasteiger partial charge in [-0.2, -0.15) is 4.98 Å². The first-order valence-electron chi connectivity index (χ1n) is 5.72. The van der Waals surface area contributed by atoms with Gasteiger partial charge < -0.3 is 14.0 Å². The van der Waals surface area contributed by atoms with Gasteiger partial charge in [-0.05, 0) is 13.8 Å². The first-order chi connectivity index (χ1) is 8.83. The normalized spacial score (nSPS) is 11.3. The van der Waals surface area contributed by atoms with E-state index in [1.54, 1.807) is 10.9 Å². The van der Waals surface area contributed by atoms with Crippen LogP contribution in [-0.4, -0.2) is 38.3 Å². The zero-order valence-corrected chi connectivity index (χ0v) is 10.3. The molecule has 2 aromatic rings. The molecular formula is C10H15N5O3. The van der Waals surface area contributed by atoms with Gasteiger partial charge in [0.15, 0.2) is 6.33 Å². The van der Waals surface area contributed by atoms with Crippen molar-refractivity contribution < 1.29 is 14.0 Å². The molecule has 0 atom stereocenters. The van der Waals surface area contributed by atoms with E-state index in [-0.39, 0.29) is 0 Å². The van der Waals surface area contributed by atoms with Gasteiger partial charge in [0, 0.05) is 13.2 Å². The molecule has 0 bridgehead atoms. The Hall–Kier alpha value is -1.80. The molecule has 0 saturated carbocycles. The van der Waals surface area contributed by atoms with Crippen molar-refractivity contribution in [2.75, 3.05) is 13.2 Å². The minimum absolute atomic E-state index is 0.373. The van der Waals surface area contributed by atoms with E-state index in [0.717, 1.165) is 0 Å². The summed E-state index contributed by atoms with van der Waals surface area (Å²) in [5.41, 5.74) is 0.623. The summed E-state index contributed by atoms with van der Waals surface area (Å²) in [6.45, 7) is 5.25. The van der Waals surface area contributed by atoms with Crippen LogP contribution in [0.15, 0.2) is 17.0 Å². The summed E-state index contributed by atoms with van der Waals surface area (Å²) in [5, 5.41) is 11.5. The first kappa shape index (κ1) is 12.7. The predicted molar refractivity (Wildman–Crippen MR) is 59.4 cm³/mol. The number of nitrogens with zero attached hydrogens (tertiary/aromatic N) is 5. The van der Waals surface area contributed by atoms with Crippen LogP contribution in [0.25, 0.3) is 0 Å².